The van der Waals surface area contributed by atoms with Crippen molar-refractivity contribution in [1.82, 2.24) is 16.0 Å². The number of nitrogens with one attached hydrogen (secondary N) is 4. The zero-order chi connectivity index (χ0) is 25.8. The zero-order valence-electron chi connectivity index (χ0n) is 20.5. The fourth-order valence-corrected chi connectivity index (χ4v) is 3.37. The molecule has 0 aliphatic heterocycles. The summed E-state index contributed by atoms with van der Waals surface area (Å²) in [5.41, 5.74) is 2.09. The zero-order valence-corrected chi connectivity index (χ0v) is 20.5. The van der Waals surface area contributed by atoms with Crippen LogP contribution in [0, 0.1) is 19.8 Å². The summed E-state index contributed by atoms with van der Waals surface area (Å²) in [4.78, 5) is 61.8. The lowest BCUT2D eigenvalue weighted by Crippen LogP contribution is -2.54. The van der Waals surface area contributed by atoms with Crippen LogP contribution in [0.25, 0.3) is 0 Å². The van der Waals surface area contributed by atoms with E-state index in [1.165, 1.54) is 0 Å². The summed E-state index contributed by atoms with van der Waals surface area (Å²) in [6.45, 7) is 8.66. The molecule has 0 aromatic heterocycles. The van der Waals surface area contributed by atoms with Crippen molar-refractivity contribution in [2.45, 2.75) is 66.0 Å². The summed E-state index contributed by atoms with van der Waals surface area (Å²) in [5, 5.41) is 19.4. The first-order chi connectivity index (χ1) is 16.0. The van der Waals surface area contributed by atoms with Gasteiger partial charge in [-0.15, -0.1) is 0 Å². The Bertz CT molecular complexity index is 879. The molecule has 0 aliphatic carbocycles. The number of hydrogen-bond donors (Lipinski definition) is 5. The number of ketones is 1. The molecule has 0 bridgehead atoms. The number of Topliss-reactive ketones (excluding diaryl/α,β-unsaturated/α-hetero) is 1. The average Bonchev–Trinajstić information content (AvgIpc) is 2.77. The fraction of sp³-hybridized carbons (Fsp3) is 0.542. The van der Waals surface area contributed by atoms with Gasteiger partial charge in [0.05, 0.1) is 6.04 Å². The summed E-state index contributed by atoms with van der Waals surface area (Å²) >= 11 is 0. The standard InChI is InChI=1S/C24H36N4O6/c1-6-25-20(31)11-10-17(19(30)13-29)26-22(32)18(12-14(2)3)27-23(33)24(34)28-21-15(4)8-7-9-16(21)5/h7-9,14,17-18,29H,6,10-13H2,1-5H3,(H,25,31)(H,26,32)(H,27,33)(H,28,34)/t17?,18-/m0/s1. The lowest BCUT2D eigenvalue weighted by molar-refractivity contribution is -0.138. The third kappa shape index (κ3) is 9.30. The van der Waals surface area contributed by atoms with Gasteiger partial charge in [-0.3, -0.25) is 24.0 Å². The van der Waals surface area contributed by atoms with Crippen molar-refractivity contribution in [3.05, 3.63) is 29.3 Å². The lowest BCUT2D eigenvalue weighted by atomic mass is 10.0. The van der Waals surface area contributed by atoms with E-state index in [1.807, 2.05) is 19.9 Å². The highest BCUT2D eigenvalue weighted by atomic mass is 16.3. The number of benzene rings is 1. The van der Waals surface area contributed by atoms with E-state index in [1.54, 1.807) is 32.9 Å². The minimum absolute atomic E-state index is 0.00758. The Morgan fingerprint density at radius 3 is 2.09 bits per heavy atom. The van der Waals surface area contributed by atoms with E-state index in [0.717, 1.165) is 11.1 Å². The van der Waals surface area contributed by atoms with Gasteiger partial charge in [-0.05, 0) is 50.7 Å². The van der Waals surface area contributed by atoms with Crippen molar-refractivity contribution in [2.75, 3.05) is 18.5 Å². The van der Waals surface area contributed by atoms with Crippen LogP contribution in [-0.4, -0.2) is 59.8 Å². The molecular formula is C24H36N4O6. The van der Waals surface area contributed by atoms with Gasteiger partial charge in [0.2, 0.25) is 11.8 Å². The van der Waals surface area contributed by atoms with Gasteiger partial charge in [-0.25, -0.2) is 0 Å². The second-order valence-corrected chi connectivity index (χ2v) is 8.55. The SMILES string of the molecule is CCNC(=O)CCC(NC(=O)[C@H](CC(C)C)NC(=O)C(=O)Nc1c(C)cccc1C)C(=O)CO. The van der Waals surface area contributed by atoms with Gasteiger partial charge in [0.1, 0.15) is 12.6 Å². The summed E-state index contributed by atoms with van der Waals surface area (Å²) in [6.07, 6.45) is 0.181. The van der Waals surface area contributed by atoms with Crippen LogP contribution in [0.2, 0.25) is 0 Å². The highest BCUT2D eigenvalue weighted by molar-refractivity contribution is 6.40. The minimum atomic E-state index is -1.10. The summed E-state index contributed by atoms with van der Waals surface area (Å²) < 4.78 is 0. The third-order valence-corrected chi connectivity index (χ3v) is 5.15. The van der Waals surface area contributed by atoms with Crippen LogP contribution in [0.1, 0.15) is 51.2 Å². The van der Waals surface area contributed by atoms with Crippen molar-refractivity contribution in [2.24, 2.45) is 5.92 Å². The van der Waals surface area contributed by atoms with E-state index >= 15 is 0 Å². The normalized spacial score (nSPS) is 12.4. The van der Waals surface area contributed by atoms with Gasteiger partial charge >= 0.3 is 11.8 Å². The first-order valence-corrected chi connectivity index (χ1v) is 11.4. The Morgan fingerprint density at radius 1 is 0.941 bits per heavy atom. The first kappa shape index (κ1) is 28.8. The summed E-state index contributed by atoms with van der Waals surface area (Å²) in [6, 6.07) is 3.24. The molecular weight excluding hydrogens is 440 g/mol. The third-order valence-electron chi connectivity index (χ3n) is 5.15. The smallest absolute Gasteiger partial charge is 0.313 e. The molecule has 1 aromatic carbocycles. The molecule has 34 heavy (non-hydrogen) atoms. The molecule has 188 valence electrons. The van der Waals surface area contributed by atoms with E-state index in [9.17, 15) is 29.1 Å². The number of carbonyl (C=O) groups is 5. The van der Waals surface area contributed by atoms with E-state index < -0.39 is 42.2 Å². The maximum Gasteiger partial charge on any atom is 0.313 e. The van der Waals surface area contributed by atoms with Gasteiger partial charge in [-0.2, -0.15) is 0 Å². The van der Waals surface area contributed by atoms with E-state index in [0.29, 0.717) is 12.2 Å². The second-order valence-electron chi connectivity index (χ2n) is 8.55. The molecule has 0 heterocycles. The van der Waals surface area contributed by atoms with Crippen molar-refractivity contribution >= 4 is 35.1 Å². The number of hydrogen-bond acceptors (Lipinski definition) is 6. The van der Waals surface area contributed by atoms with Crippen LogP contribution in [0.4, 0.5) is 5.69 Å². The molecule has 4 amide bonds. The number of anilines is 1. The molecule has 2 atom stereocenters. The molecule has 0 fully saturated rings. The molecule has 10 nitrogen and oxygen atoms in total. The number of carbonyl (C=O) groups excluding carboxylic acids is 5. The Hall–Kier alpha value is -3.27. The number of amides is 4. The monoisotopic (exact) mass is 476 g/mol. The van der Waals surface area contributed by atoms with E-state index in [4.69, 9.17) is 0 Å². The van der Waals surface area contributed by atoms with Crippen molar-refractivity contribution in [1.29, 1.82) is 0 Å². The Balaban J connectivity index is 2.91. The Kier molecular flexibility index (Phi) is 11.9. The molecule has 10 heteroatoms. The van der Waals surface area contributed by atoms with Crippen molar-refractivity contribution in [3.63, 3.8) is 0 Å². The summed E-state index contributed by atoms with van der Waals surface area (Å²) in [7, 11) is 0. The van der Waals surface area contributed by atoms with Gasteiger partial charge in [0.25, 0.3) is 0 Å². The van der Waals surface area contributed by atoms with Gasteiger partial charge in [-0.1, -0.05) is 32.0 Å². The number of para-hydroxylation sites is 1. The molecule has 0 aliphatic rings. The van der Waals surface area contributed by atoms with Crippen LogP contribution in [0.15, 0.2) is 18.2 Å². The van der Waals surface area contributed by atoms with Gasteiger partial charge in [0.15, 0.2) is 5.78 Å². The van der Waals surface area contributed by atoms with Crippen LogP contribution >= 0.6 is 0 Å². The molecule has 0 radical (unpaired) electrons. The molecule has 5 N–H and O–H groups in total. The molecule has 0 saturated carbocycles. The number of aliphatic hydroxyl groups is 1. The topological polar surface area (TPSA) is 154 Å². The average molecular weight is 477 g/mol. The molecule has 0 spiro atoms. The highest BCUT2D eigenvalue weighted by Crippen LogP contribution is 2.19. The van der Waals surface area contributed by atoms with Crippen molar-refractivity contribution in [3.8, 4) is 0 Å². The largest absolute Gasteiger partial charge is 0.389 e. The quantitative estimate of drug-likeness (QED) is 0.280. The minimum Gasteiger partial charge on any atom is -0.389 e. The molecule has 1 aromatic rings. The molecule has 1 rings (SSSR count). The molecule has 1 unspecified atom stereocenters. The number of rotatable bonds is 12. The molecule has 0 saturated heterocycles. The predicted octanol–water partition coefficient (Wildman–Crippen LogP) is 0.735. The lowest BCUT2D eigenvalue weighted by Gasteiger charge is -2.23. The fourth-order valence-electron chi connectivity index (χ4n) is 3.37. The number of aryl methyl sites for hydroxylation is 2. The van der Waals surface area contributed by atoms with Gasteiger partial charge in [0, 0.05) is 18.7 Å². The Labute approximate surface area is 200 Å². The van der Waals surface area contributed by atoms with Crippen LogP contribution in [0.5, 0.6) is 0 Å². The van der Waals surface area contributed by atoms with Crippen LogP contribution in [-0.2, 0) is 24.0 Å². The maximum absolute atomic E-state index is 12.9. The van der Waals surface area contributed by atoms with Crippen LogP contribution in [0.3, 0.4) is 0 Å². The highest BCUT2D eigenvalue weighted by Gasteiger charge is 2.29. The van der Waals surface area contributed by atoms with E-state index in [2.05, 4.69) is 21.3 Å². The predicted molar refractivity (Wildman–Crippen MR) is 128 cm³/mol. The Morgan fingerprint density at radius 2 is 1.56 bits per heavy atom. The van der Waals surface area contributed by atoms with Crippen molar-refractivity contribution < 1.29 is 29.1 Å². The maximum atomic E-state index is 12.9. The summed E-state index contributed by atoms with van der Waals surface area (Å²) in [5.74, 6) is -3.54. The van der Waals surface area contributed by atoms with Gasteiger partial charge < -0.3 is 26.4 Å². The first-order valence-electron chi connectivity index (χ1n) is 11.4. The van der Waals surface area contributed by atoms with E-state index in [-0.39, 0.29) is 31.1 Å². The number of aliphatic hydroxyl groups excluding tert-OH is 1. The van der Waals surface area contributed by atoms with Crippen LogP contribution < -0.4 is 21.3 Å². The second kappa shape index (κ2) is 14.1.